The monoisotopic (exact) mass is 1000 g/mol. The molecule has 0 bridgehead atoms. The number of ether oxygens (including phenoxy) is 1. The van der Waals surface area contributed by atoms with Gasteiger partial charge in [-0.2, -0.15) is 0 Å². The molecule has 2 aromatic heterocycles. The van der Waals surface area contributed by atoms with Crippen LogP contribution in [0.4, 0.5) is 5.13 Å². The molecular formula is C52H46N10O6S3. The van der Waals surface area contributed by atoms with Crippen molar-refractivity contribution in [3.63, 3.8) is 0 Å². The Hall–Kier alpha value is -7.87. The summed E-state index contributed by atoms with van der Waals surface area (Å²) >= 11 is 7.38. The third-order valence-corrected chi connectivity index (χ3v) is 14.1. The number of aromatic nitrogens is 5. The Bertz CT molecular complexity index is 2980. The number of thioether (sulfide) groups is 1. The Morgan fingerprint density at radius 1 is 0.859 bits per heavy atom. The van der Waals surface area contributed by atoms with Crippen molar-refractivity contribution in [3.05, 3.63) is 214 Å². The highest BCUT2D eigenvalue weighted by Crippen LogP contribution is 2.44. The van der Waals surface area contributed by atoms with Crippen LogP contribution < -0.4 is 16.0 Å². The first-order valence-corrected chi connectivity index (χ1v) is 24.8. The molecule has 5 aromatic carbocycles. The van der Waals surface area contributed by atoms with E-state index in [1.54, 1.807) is 11.5 Å². The van der Waals surface area contributed by atoms with Gasteiger partial charge in [0.05, 0.1) is 11.4 Å². The van der Waals surface area contributed by atoms with Crippen LogP contribution in [0.3, 0.4) is 0 Å². The van der Waals surface area contributed by atoms with E-state index in [2.05, 4.69) is 73.0 Å². The number of allylic oxidation sites excluding steroid dienone is 1. The number of benzene rings is 5. The van der Waals surface area contributed by atoms with Crippen molar-refractivity contribution in [3.8, 4) is 0 Å². The van der Waals surface area contributed by atoms with Crippen molar-refractivity contribution in [2.45, 2.75) is 36.5 Å². The lowest BCUT2D eigenvalue weighted by Gasteiger charge is -2.49. The molecular weight excluding hydrogens is 957 g/mol. The smallest absolute Gasteiger partial charge is 0.356 e. The van der Waals surface area contributed by atoms with Crippen molar-refractivity contribution in [2.24, 2.45) is 5.16 Å². The second-order valence-electron chi connectivity index (χ2n) is 16.2. The average Bonchev–Trinajstić information content (AvgIpc) is 4.09. The van der Waals surface area contributed by atoms with Crippen LogP contribution >= 0.6 is 35.7 Å². The summed E-state index contributed by atoms with van der Waals surface area (Å²) in [7, 11) is 1.32. The van der Waals surface area contributed by atoms with Gasteiger partial charge in [0.15, 0.2) is 22.8 Å². The second kappa shape index (κ2) is 21.8. The fourth-order valence-electron chi connectivity index (χ4n) is 8.48. The molecule has 0 saturated carbocycles. The number of thiol groups is 1. The summed E-state index contributed by atoms with van der Waals surface area (Å²) in [6, 6.07) is 47.7. The predicted octanol–water partition coefficient (Wildman–Crippen LogP) is 6.98. The zero-order valence-corrected chi connectivity index (χ0v) is 40.8. The molecule has 9 rings (SSSR count). The minimum absolute atomic E-state index is 0.0235. The molecule has 2 unspecified atom stereocenters. The molecule has 2 atom stereocenters. The largest absolute Gasteiger partial charge is 0.448 e. The van der Waals surface area contributed by atoms with Gasteiger partial charge >= 0.3 is 5.97 Å². The number of esters is 1. The summed E-state index contributed by atoms with van der Waals surface area (Å²) in [5, 5.41) is 26.9. The molecule has 3 N–H and O–H groups in total. The van der Waals surface area contributed by atoms with Gasteiger partial charge in [-0.15, -0.1) is 40.8 Å². The molecule has 1 saturated heterocycles. The summed E-state index contributed by atoms with van der Waals surface area (Å²) < 4.78 is 7.83. The van der Waals surface area contributed by atoms with E-state index in [4.69, 9.17) is 27.2 Å². The minimum Gasteiger partial charge on any atom is -0.448 e. The molecule has 358 valence electrons. The van der Waals surface area contributed by atoms with Gasteiger partial charge < -0.3 is 25.5 Å². The SMILES string of the molecule is CON=C(C(=O)NC1C(=O)N2C(C(=O)OC(c3ccccc3)c3ccccc3)=C(C=C(S)c3nnnn3CCNC(C)=O)CSC12)c1csc(NC(c2ccccc2)(c2ccccc2)c2ccccc2)n1. The van der Waals surface area contributed by atoms with Crippen molar-refractivity contribution < 1.29 is 28.8 Å². The molecule has 16 nitrogen and oxygen atoms in total. The van der Waals surface area contributed by atoms with E-state index in [0.29, 0.717) is 15.6 Å². The van der Waals surface area contributed by atoms with Gasteiger partial charge in [0.1, 0.15) is 35.5 Å². The summed E-state index contributed by atoms with van der Waals surface area (Å²) in [5.41, 5.74) is 3.89. The van der Waals surface area contributed by atoms with Gasteiger partial charge in [-0.25, -0.2) is 14.5 Å². The molecule has 0 aliphatic carbocycles. The number of carbonyl (C=O) groups is 4. The number of oxime groups is 1. The number of anilines is 1. The molecule has 2 aliphatic rings. The first kappa shape index (κ1) is 48.2. The van der Waals surface area contributed by atoms with Crippen LogP contribution in [0.2, 0.25) is 0 Å². The summed E-state index contributed by atoms with van der Waals surface area (Å²) in [6.07, 6.45) is 0.796. The van der Waals surface area contributed by atoms with Crippen LogP contribution in [0.1, 0.15) is 52.4 Å². The molecule has 3 amide bonds. The molecule has 71 heavy (non-hydrogen) atoms. The van der Waals surface area contributed by atoms with Gasteiger partial charge in [0, 0.05) is 24.6 Å². The highest BCUT2D eigenvalue weighted by atomic mass is 32.2. The Morgan fingerprint density at radius 2 is 1.42 bits per heavy atom. The van der Waals surface area contributed by atoms with Crippen LogP contribution in [0, 0.1) is 0 Å². The lowest BCUT2D eigenvalue weighted by atomic mass is 9.77. The zero-order valence-electron chi connectivity index (χ0n) is 38.3. The summed E-state index contributed by atoms with van der Waals surface area (Å²) in [6.45, 7) is 1.92. The van der Waals surface area contributed by atoms with Crippen molar-refractivity contribution >= 4 is 75.2 Å². The van der Waals surface area contributed by atoms with E-state index in [1.165, 1.54) is 46.7 Å². The first-order valence-electron chi connectivity index (χ1n) is 22.4. The van der Waals surface area contributed by atoms with Gasteiger partial charge in [-0.05, 0) is 49.9 Å². The van der Waals surface area contributed by atoms with Crippen LogP contribution in [0.5, 0.6) is 0 Å². The Morgan fingerprint density at radius 3 is 1.97 bits per heavy atom. The van der Waals surface area contributed by atoms with E-state index in [9.17, 15) is 19.2 Å². The molecule has 7 aromatic rings. The van der Waals surface area contributed by atoms with Crippen molar-refractivity contribution in [1.82, 2.24) is 40.7 Å². The Kier molecular flexibility index (Phi) is 14.8. The van der Waals surface area contributed by atoms with Crippen LogP contribution in [-0.4, -0.2) is 90.3 Å². The summed E-state index contributed by atoms with van der Waals surface area (Å²) in [4.78, 5) is 66.9. The molecule has 4 heterocycles. The highest BCUT2D eigenvalue weighted by molar-refractivity contribution is 8.00. The van der Waals surface area contributed by atoms with Gasteiger partial charge in [-0.1, -0.05) is 157 Å². The number of β-lactam (4-membered cyclic amide) rings is 1. The number of hydrogen-bond donors (Lipinski definition) is 4. The molecule has 0 radical (unpaired) electrons. The highest BCUT2D eigenvalue weighted by Gasteiger charge is 2.55. The third kappa shape index (κ3) is 10.2. The summed E-state index contributed by atoms with van der Waals surface area (Å²) in [5.74, 6) is -1.77. The third-order valence-electron chi connectivity index (χ3n) is 11.7. The van der Waals surface area contributed by atoms with Gasteiger partial charge in [0.25, 0.3) is 11.8 Å². The molecule has 1 fully saturated rings. The van der Waals surface area contributed by atoms with Crippen LogP contribution in [0.15, 0.2) is 180 Å². The number of carbonyl (C=O) groups excluding carboxylic acids is 4. The fraction of sp³-hybridized carbons (Fsp3) is 0.173. The molecule has 2 aliphatic heterocycles. The Labute approximate surface area is 422 Å². The number of nitrogens with one attached hydrogen (secondary N) is 3. The fourth-order valence-corrected chi connectivity index (χ4v) is 10.9. The number of rotatable bonds is 18. The lowest BCUT2D eigenvalue weighted by Crippen LogP contribution is -2.71. The van der Waals surface area contributed by atoms with Crippen molar-refractivity contribution in [1.29, 1.82) is 0 Å². The predicted molar refractivity (Wildman–Crippen MR) is 275 cm³/mol. The molecule has 0 spiro atoms. The van der Waals surface area contributed by atoms with E-state index in [0.717, 1.165) is 27.8 Å². The topological polar surface area (TPSA) is 195 Å². The standard InChI is InChI=1S/C52H46N10O6S3/c1-33(63)53-28-29-61-46(57-59-60-61)41(69)30-36-31-70-49-43(48(65)62(49)44(36)50(66)68-45(34-18-8-3-9-19-34)35-20-10-4-11-21-35)55-47(64)42(58-67-2)40-32-71-51(54-40)56-52(37-22-12-5-13-23-37,38-24-14-6-15-25-38)39-26-16-7-17-27-39/h3-27,30,32,43,45,49,69H,28-29,31H2,1-2H3,(H,53,63)(H,54,56)(H,55,64). The second-order valence-corrected chi connectivity index (χ2v) is 18.7. The van der Waals surface area contributed by atoms with Gasteiger partial charge in [0.2, 0.25) is 5.91 Å². The number of hydrogen-bond acceptors (Lipinski definition) is 15. The van der Waals surface area contributed by atoms with Crippen molar-refractivity contribution in [2.75, 3.05) is 24.7 Å². The lowest BCUT2D eigenvalue weighted by molar-refractivity contribution is -0.154. The van der Waals surface area contributed by atoms with E-state index >= 15 is 0 Å². The first-order chi connectivity index (χ1) is 34.7. The van der Waals surface area contributed by atoms with Crippen LogP contribution in [-0.2, 0) is 40.8 Å². The quantitative estimate of drug-likeness (QED) is 0.0172. The maximum Gasteiger partial charge on any atom is 0.356 e. The number of thiazole rings is 1. The van der Waals surface area contributed by atoms with Gasteiger partial charge in [-0.3, -0.25) is 19.3 Å². The van der Waals surface area contributed by atoms with E-state index < -0.39 is 40.8 Å². The molecule has 19 heteroatoms. The normalized spacial score (nSPS) is 15.9. The number of nitrogens with zero attached hydrogens (tertiary/aromatic N) is 7. The Balaban J connectivity index is 1.01. The average molecular weight is 1000 g/mol. The zero-order chi connectivity index (χ0) is 49.3. The number of fused-ring (bicyclic) bond motifs is 1. The maximum atomic E-state index is 14.8. The van der Waals surface area contributed by atoms with E-state index in [-0.39, 0.29) is 47.7 Å². The maximum absolute atomic E-state index is 14.8. The number of tetrazole rings is 1. The minimum atomic E-state index is -1.07. The van der Waals surface area contributed by atoms with E-state index in [1.807, 2.05) is 115 Å². The number of amides is 3. The van der Waals surface area contributed by atoms with Crippen LogP contribution in [0.25, 0.3) is 4.91 Å².